The van der Waals surface area contributed by atoms with Gasteiger partial charge in [-0.25, -0.2) is 0 Å². The van der Waals surface area contributed by atoms with E-state index in [1.54, 1.807) is 0 Å². The van der Waals surface area contributed by atoms with Crippen molar-refractivity contribution in [2.24, 2.45) is 5.73 Å². The van der Waals surface area contributed by atoms with Crippen molar-refractivity contribution < 1.29 is 0 Å². The summed E-state index contributed by atoms with van der Waals surface area (Å²) < 4.78 is 0. The van der Waals surface area contributed by atoms with Gasteiger partial charge in [-0.3, -0.25) is 5.41 Å². The first-order valence-corrected chi connectivity index (χ1v) is 4.21. The van der Waals surface area contributed by atoms with Crippen LogP contribution in [-0.4, -0.2) is 16.0 Å². The third kappa shape index (κ3) is 2.15. The van der Waals surface area contributed by atoms with E-state index in [1.165, 1.54) is 0 Å². The largest absolute Gasteiger partial charge is 0.387 e. The number of nitrogens with two attached hydrogens (primary N) is 1. The maximum absolute atomic E-state index is 7.17. The summed E-state index contributed by atoms with van der Waals surface area (Å²) in [6, 6.07) is 0. The lowest BCUT2D eigenvalue weighted by Crippen LogP contribution is -2.15. The Bertz CT molecular complexity index is 348. The molecule has 0 aliphatic rings. The Kier molecular flexibility index (Phi) is 2.83. The highest BCUT2D eigenvalue weighted by Gasteiger charge is 2.09. The van der Waals surface area contributed by atoms with Crippen LogP contribution < -0.4 is 5.73 Å². The number of nitrogens with zero attached hydrogens (tertiary/aromatic N) is 2. The van der Waals surface area contributed by atoms with E-state index in [0.29, 0.717) is 11.6 Å². The van der Waals surface area contributed by atoms with E-state index in [2.05, 4.69) is 10.2 Å². The molecule has 0 bridgehead atoms. The van der Waals surface area contributed by atoms with E-state index in [-0.39, 0.29) is 5.84 Å². The highest BCUT2D eigenvalue weighted by molar-refractivity contribution is 6.30. The predicted molar refractivity (Wildman–Crippen MR) is 52.1 cm³/mol. The minimum atomic E-state index is 0.0809. The van der Waals surface area contributed by atoms with Crippen LogP contribution in [0.15, 0.2) is 0 Å². The molecule has 1 rings (SSSR count). The molecule has 0 aromatic carbocycles. The number of aromatic nitrogens is 2. The molecule has 5 heteroatoms. The normalized spacial score (nSPS) is 10.1. The molecule has 0 fully saturated rings. The molecule has 0 unspecified atom stereocenters. The van der Waals surface area contributed by atoms with Crippen LogP contribution in [0.1, 0.15) is 16.8 Å². The molecule has 1 heterocycles. The van der Waals surface area contributed by atoms with Crippen molar-refractivity contribution in [3.63, 3.8) is 0 Å². The molecule has 70 valence electrons. The molecular weight excluding hydrogens is 188 g/mol. The van der Waals surface area contributed by atoms with Crippen molar-refractivity contribution in [3.05, 3.63) is 22.0 Å². The third-order valence-electron chi connectivity index (χ3n) is 1.90. The molecule has 0 aliphatic heterocycles. The first-order valence-electron chi connectivity index (χ1n) is 3.83. The summed E-state index contributed by atoms with van der Waals surface area (Å²) in [6.45, 7) is 3.75. The summed E-state index contributed by atoms with van der Waals surface area (Å²) >= 11 is 5.82. The van der Waals surface area contributed by atoms with Crippen molar-refractivity contribution >= 4 is 17.4 Å². The fraction of sp³-hybridized carbons (Fsp3) is 0.375. The Hall–Kier alpha value is -1.16. The lowest BCUT2D eigenvalue weighted by molar-refractivity contribution is 0.935. The number of rotatable bonds is 2. The highest BCUT2D eigenvalue weighted by Crippen LogP contribution is 2.18. The average molecular weight is 199 g/mol. The van der Waals surface area contributed by atoms with E-state index >= 15 is 0 Å². The van der Waals surface area contributed by atoms with Gasteiger partial charge >= 0.3 is 0 Å². The number of halogens is 1. The Labute approximate surface area is 81.6 Å². The van der Waals surface area contributed by atoms with Gasteiger partial charge in [0.05, 0.1) is 11.5 Å². The molecule has 3 N–H and O–H groups in total. The van der Waals surface area contributed by atoms with Crippen LogP contribution in [0.3, 0.4) is 0 Å². The van der Waals surface area contributed by atoms with Gasteiger partial charge in [-0.05, 0) is 19.4 Å². The molecule has 1 aromatic heterocycles. The van der Waals surface area contributed by atoms with Crippen molar-refractivity contribution in [2.45, 2.75) is 20.3 Å². The highest BCUT2D eigenvalue weighted by atomic mass is 35.5. The maximum atomic E-state index is 7.17. The van der Waals surface area contributed by atoms with Crippen LogP contribution in [0.25, 0.3) is 0 Å². The Morgan fingerprint density at radius 2 is 2.08 bits per heavy atom. The predicted octanol–water partition coefficient (Wildman–Crippen LogP) is 1.23. The topological polar surface area (TPSA) is 75.7 Å². The van der Waals surface area contributed by atoms with Crippen molar-refractivity contribution in [3.8, 4) is 0 Å². The van der Waals surface area contributed by atoms with Crippen LogP contribution in [0, 0.1) is 19.3 Å². The van der Waals surface area contributed by atoms with Gasteiger partial charge in [0, 0.05) is 12.0 Å². The smallest absolute Gasteiger partial charge is 0.155 e. The summed E-state index contributed by atoms with van der Waals surface area (Å²) in [5.74, 6) is 0.0809. The third-order valence-corrected chi connectivity index (χ3v) is 2.20. The van der Waals surface area contributed by atoms with Crippen LogP contribution in [0.5, 0.6) is 0 Å². The van der Waals surface area contributed by atoms with Gasteiger partial charge in [0.1, 0.15) is 0 Å². The number of hydrogen-bond acceptors (Lipinski definition) is 3. The van der Waals surface area contributed by atoms with Gasteiger partial charge in [-0.1, -0.05) is 11.6 Å². The first-order chi connectivity index (χ1) is 6.02. The Morgan fingerprint density at radius 1 is 1.46 bits per heavy atom. The summed E-state index contributed by atoms with van der Waals surface area (Å²) in [5.41, 5.74) is 7.86. The fourth-order valence-corrected chi connectivity index (χ4v) is 1.27. The molecule has 4 nitrogen and oxygen atoms in total. The van der Waals surface area contributed by atoms with Crippen molar-refractivity contribution in [2.75, 3.05) is 0 Å². The molecule has 0 spiro atoms. The zero-order chi connectivity index (χ0) is 10.0. The molecule has 0 saturated carbocycles. The molecule has 1 aromatic rings. The summed E-state index contributed by atoms with van der Waals surface area (Å²) in [7, 11) is 0. The number of aryl methyl sites for hydroxylation is 1. The SMILES string of the molecule is Cc1nnc(Cl)c(CC(=N)N)c1C. The summed E-state index contributed by atoms with van der Waals surface area (Å²) in [4.78, 5) is 0. The number of amidine groups is 1. The van der Waals surface area contributed by atoms with Gasteiger partial charge in [-0.15, -0.1) is 5.10 Å². The monoisotopic (exact) mass is 198 g/mol. The average Bonchev–Trinajstić information content (AvgIpc) is 2.05. The minimum Gasteiger partial charge on any atom is -0.387 e. The minimum absolute atomic E-state index is 0.0809. The van der Waals surface area contributed by atoms with Gasteiger partial charge in [0.25, 0.3) is 0 Å². The molecule has 13 heavy (non-hydrogen) atoms. The second-order valence-electron chi connectivity index (χ2n) is 2.88. The van der Waals surface area contributed by atoms with E-state index in [1.807, 2.05) is 13.8 Å². The molecule has 0 atom stereocenters. The lowest BCUT2D eigenvalue weighted by Gasteiger charge is -2.07. The number of hydrogen-bond donors (Lipinski definition) is 2. The zero-order valence-corrected chi connectivity index (χ0v) is 8.31. The van der Waals surface area contributed by atoms with E-state index in [9.17, 15) is 0 Å². The van der Waals surface area contributed by atoms with Gasteiger partial charge in [-0.2, -0.15) is 5.10 Å². The van der Waals surface area contributed by atoms with E-state index < -0.39 is 0 Å². The van der Waals surface area contributed by atoms with E-state index in [0.717, 1.165) is 16.8 Å². The maximum Gasteiger partial charge on any atom is 0.155 e. The lowest BCUT2D eigenvalue weighted by atomic mass is 10.1. The van der Waals surface area contributed by atoms with Crippen LogP contribution in [0.2, 0.25) is 5.15 Å². The molecule has 0 amide bonds. The Morgan fingerprint density at radius 3 is 2.62 bits per heavy atom. The van der Waals surface area contributed by atoms with E-state index in [4.69, 9.17) is 22.7 Å². The molecule has 0 radical (unpaired) electrons. The van der Waals surface area contributed by atoms with Crippen LogP contribution in [-0.2, 0) is 6.42 Å². The molecular formula is C8H11ClN4. The number of nitrogens with one attached hydrogen (secondary N) is 1. The molecule has 0 aliphatic carbocycles. The van der Waals surface area contributed by atoms with Crippen LogP contribution in [0.4, 0.5) is 0 Å². The molecule has 0 saturated heterocycles. The fourth-order valence-electron chi connectivity index (χ4n) is 1.02. The van der Waals surface area contributed by atoms with Crippen molar-refractivity contribution in [1.82, 2.24) is 10.2 Å². The summed E-state index contributed by atoms with van der Waals surface area (Å²) in [5, 5.41) is 15.1. The van der Waals surface area contributed by atoms with Crippen molar-refractivity contribution in [1.29, 1.82) is 5.41 Å². The second kappa shape index (κ2) is 3.70. The quantitative estimate of drug-likeness (QED) is 0.554. The summed E-state index contributed by atoms with van der Waals surface area (Å²) in [6.07, 6.45) is 0.334. The van der Waals surface area contributed by atoms with Gasteiger partial charge in [0.15, 0.2) is 5.15 Å². The standard InChI is InChI=1S/C8H11ClN4/c1-4-5(2)12-13-8(9)6(4)3-7(10)11/h3H2,1-2H3,(H3,10,11). The second-order valence-corrected chi connectivity index (χ2v) is 3.24. The first kappa shape index (κ1) is 9.92. The van der Waals surface area contributed by atoms with Gasteiger partial charge < -0.3 is 5.73 Å². The zero-order valence-electron chi connectivity index (χ0n) is 7.56. The van der Waals surface area contributed by atoms with Crippen LogP contribution >= 0.6 is 11.6 Å². The van der Waals surface area contributed by atoms with Gasteiger partial charge in [0.2, 0.25) is 0 Å². The Balaban J connectivity index is 3.17.